The van der Waals surface area contributed by atoms with E-state index < -0.39 is 13.5 Å². The number of para-hydroxylation sites is 1. The first-order valence-electron chi connectivity index (χ1n) is 17.3. The van der Waals surface area contributed by atoms with Crippen LogP contribution >= 0.6 is 31.0 Å². The number of aromatic nitrogens is 1. The molecule has 2 heterocycles. The summed E-state index contributed by atoms with van der Waals surface area (Å²) in [4.78, 5) is 8.57. The van der Waals surface area contributed by atoms with Crippen molar-refractivity contribution in [2.45, 2.75) is 67.9 Å². The van der Waals surface area contributed by atoms with Crippen molar-refractivity contribution in [3.63, 3.8) is 0 Å². The molecule has 4 nitrogen and oxygen atoms in total. The summed E-state index contributed by atoms with van der Waals surface area (Å²) in [6, 6.07) is 25.5. The maximum atomic E-state index is 13.4. The molecule has 1 fully saturated rings. The van der Waals surface area contributed by atoms with Gasteiger partial charge in [0, 0.05) is 41.9 Å². The minimum atomic E-state index is -1.99. The average Bonchev–Trinajstić information content (AvgIpc) is 3.53. The van der Waals surface area contributed by atoms with Crippen molar-refractivity contribution in [2.24, 2.45) is 0 Å². The fraction of sp³-hybridized carbons (Fsp3) is 0.279. The van der Waals surface area contributed by atoms with Crippen LogP contribution in [-0.4, -0.2) is 22.7 Å². The molecule has 0 saturated carbocycles. The van der Waals surface area contributed by atoms with Crippen LogP contribution in [0.3, 0.4) is 0 Å². The van der Waals surface area contributed by atoms with Crippen molar-refractivity contribution in [1.82, 2.24) is 4.98 Å². The maximum Gasteiger partial charge on any atom is 0.0436 e. The molecule has 1 aliphatic rings. The van der Waals surface area contributed by atoms with E-state index in [1.54, 1.807) is 35.2 Å². The van der Waals surface area contributed by atoms with Gasteiger partial charge in [-0.05, 0) is 75.9 Å². The largest absolute Gasteiger partial charge is 0.502 e. The summed E-state index contributed by atoms with van der Waals surface area (Å²) < 4.78 is 15.2. The van der Waals surface area contributed by atoms with Crippen LogP contribution in [0.15, 0.2) is 91.3 Å². The van der Waals surface area contributed by atoms with Gasteiger partial charge in [-0.1, -0.05) is 47.0 Å². The average molecular weight is 848 g/mol. The molecule has 0 atom stereocenters. The van der Waals surface area contributed by atoms with Gasteiger partial charge in [-0.25, -0.2) is 0 Å². The Morgan fingerprint density at radius 2 is 1.31 bits per heavy atom. The van der Waals surface area contributed by atoms with Crippen molar-refractivity contribution in [3.05, 3.63) is 159 Å². The number of nitrogens with one attached hydrogen (secondary N) is 1. The van der Waals surface area contributed by atoms with E-state index in [0.29, 0.717) is 12.5 Å². The molecule has 5 aromatic rings. The van der Waals surface area contributed by atoms with Gasteiger partial charge in [-0.15, -0.1) is 0 Å². The Morgan fingerprint density at radius 3 is 1.77 bits per heavy atom. The molecule has 0 spiro atoms. The third kappa shape index (κ3) is 11.9. The van der Waals surface area contributed by atoms with E-state index in [4.69, 9.17) is 31.0 Å². The first-order chi connectivity index (χ1) is 24.7. The standard InChI is InChI=1S/C21H27N2.C17H18FN.C5H4ClN.2ClH.Ru/c1-14-9-16(3)20(17(4)10-14)22-7-8-23(13-22)21-18(5)11-15(2)12-19(21)6;1-12(2)16-6-4-5-7-17(16)19-11-14-8-9-15(18)10-13(14)3;6-5-1-3-7-4-2-5;;;/h9-13H,7-8H2,1-6H3;3-10,12,19H,11H2,1-2H3;1-4H;2*1H;/q-1;;;;;+2/p-2. The Bertz CT molecular complexity index is 1870. The number of pyridine rings is 1. The van der Waals surface area contributed by atoms with Crippen LogP contribution in [-0.2, 0) is 20.1 Å². The molecule has 1 aromatic heterocycles. The molecule has 0 amide bonds. The Hall–Kier alpha value is -3.28. The van der Waals surface area contributed by atoms with E-state index >= 15 is 0 Å². The van der Waals surface area contributed by atoms with Gasteiger partial charge in [0.15, 0.2) is 0 Å². The molecule has 278 valence electrons. The summed E-state index contributed by atoms with van der Waals surface area (Å²) in [6.45, 7) is 22.5. The first kappa shape index (κ1) is 41.5. The minimum absolute atomic E-state index is 0.277. The Balaban J connectivity index is 0.000000196. The second-order valence-electron chi connectivity index (χ2n) is 13.4. The van der Waals surface area contributed by atoms with Crippen molar-refractivity contribution >= 4 is 52.7 Å². The fourth-order valence-electron chi connectivity index (χ4n) is 6.68. The van der Waals surface area contributed by atoms with E-state index in [-0.39, 0.29) is 5.82 Å². The molecule has 6 rings (SSSR count). The molecule has 52 heavy (non-hydrogen) atoms. The number of rotatable bonds is 7. The van der Waals surface area contributed by atoms with Gasteiger partial charge >= 0.3 is 144 Å². The zero-order valence-corrected chi connectivity index (χ0v) is 35.2. The normalized spacial score (nSPS) is 12.5. The number of aryl methyl sites for hydroxylation is 6. The van der Waals surface area contributed by atoms with Gasteiger partial charge in [-0.2, -0.15) is 6.67 Å². The van der Waals surface area contributed by atoms with Gasteiger partial charge in [0.05, 0.1) is 0 Å². The molecule has 1 N–H and O–H groups in total. The third-order valence-corrected chi connectivity index (χ3v) is 10.8. The molecule has 0 aliphatic carbocycles. The summed E-state index contributed by atoms with van der Waals surface area (Å²) in [6.07, 6.45) is 3.31. The zero-order chi connectivity index (χ0) is 37.9. The summed E-state index contributed by atoms with van der Waals surface area (Å²) in [7, 11) is 11.9. The van der Waals surface area contributed by atoms with Gasteiger partial charge in [0.1, 0.15) is 0 Å². The van der Waals surface area contributed by atoms with Gasteiger partial charge < -0.3 is 9.80 Å². The monoisotopic (exact) mass is 847 g/mol. The van der Waals surface area contributed by atoms with Crippen LogP contribution in [0.2, 0.25) is 5.02 Å². The molecular weight excluding hydrogens is 799 g/mol. The summed E-state index contributed by atoms with van der Waals surface area (Å²) in [5.74, 6) is 0.159. The summed E-state index contributed by atoms with van der Waals surface area (Å²) in [5, 5.41) is 4.16. The molecule has 9 heteroatoms. The van der Waals surface area contributed by atoms with E-state index in [1.165, 1.54) is 62.5 Å². The molecule has 0 bridgehead atoms. The van der Waals surface area contributed by atoms with E-state index in [1.807, 2.05) is 12.1 Å². The van der Waals surface area contributed by atoms with Gasteiger partial charge in [-0.3, -0.25) is 4.98 Å². The maximum absolute atomic E-state index is 13.4. The number of hydrogen-bond acceptors (Lipinski definition) is 4. The van der Waals surface area contributed by atoms with Crippen molar-refractivity contribution in [2.75, 3.05) is 28.2 Å². The number of nitrogens with zero attached hydrogens (tertiary/aromatic N) is 3. The number of benzene rings is 4. The second-order valence-corrected chi connectivity index (χ2v) is 19.6. The Labute approximate surface area is 328 Å². The molecule has 4 aromatic carbocycles. The number of anilines is 3. The molecule has 1 aliphatic heterocycles. The predicted molar refractivity (Wildman–Crippen MR) is 221 cm³/mol. The van der Waals surface area contributed by atoms with Gasteiger partial charge in [0.2, 0.25) is 0 Å². The van der Waals surface area contributed by atoms with Crippen LogP contribution in [0.4, 0.5) is 21.5 Å². The van der Waals surface area contributed by atoms with Crippen molar-refractivity contribution in [1.29, 1.82) is 0 Å². The molecule has 0 radical (unpaired) electrons. The minimum Gasteiger partial charge on any atom is -0.502 e. The molecule has 0 unspecified atom stereocenters. The van der Waals surface area contributed by atoms with Crippen LogP contribution in [0, 0.1) is 54.0 Å². The van der Waals surface area contributed by atoms with Gasteiger partial charge in [0.25, 0.3) is 0 Å². The Kier molecular flexibility index (Phi) is 15.7. The molecule has 1 saturated heterocycles. The fourth-order valence-corrected chi connectivity index (χ4v) is 8.65. The van der Waals surface area contributed by atoms with Crippen LogP contribution < -0.4 is 15.1 Å². The van der Waals surface area contributed by atoms with Crippen LogP contribution in [0.1, 0.15) is 69.8 Å². The summed E-state index contributed by atoms with van der Waals surface area (Å²) >= 11 is 3.51. The zero-order valence-electron chi connectivity index (χ0n) is 31.2. The Morgan fingerprint density at radius 1 is 0.788 bits per heavy atom. The van der Waals surface area contributed by atoms with Crippen LogP contribution in [0.25, 0.3) is 0 Å². The van der Waals surface area contributed by atoms with E-state index in [0.717, 1.165) is 34.9 Å². The topological polar surface area (TPSA) is 31.4 Å². The SMILES string of the molecule is CC(C)c1ccccc1NCc1ccc(F)cc1[CH]=[Ru]([Cl])[Cl].Cc1cc(C)c(N2[CH-]N(c3c(C)cc(C)cc3C)CC2)c(C)c1.Clc1ccncc1. The second kappa shape index (κ2) is 19.7. The quantitative estimate of drug-likeness (QED) is 0.131. The molecular formula is C43H49Cl3FN4Ru-. The number of halogens is 4. The summed E-state index contributed by atoms with van der Waals surface area (Å²) in [5.41, 5.74) is 15.0. The first-order valence-corrected chi connectivity index (χ1v) is 23.1. The van der Waals surface area contributed by atoms with Crippen LogP contribution in [0.5, 0.6) is 0 Å². The van der Waals surface area contributed by atoms with Crippen molar-refractivity contribution < 1.29 is 17.9 Å². The predicted octanol–water partition coefficient (Wildman–Crippen LogP) is 12.4. The van der Waals surface area contributed by atoms with Crippen molar-refractivity contribution in [3.8, 4) is 0 Å². The van der Waals surface area contributed by atoms with E-state index in [2.05, 4.69) is 119 Å². The van der Waals surface area contributed by atoms with E-state index in [9.17, 15) is 4.39 Å². The smallest absolute Gasteiger partial charge is 0.0436 e. The number of hydrogen-bond donors (Lipinski definition) is 1. The third-order valence-electron chi connectivity index (χ3n) is 8.69.